The van der Waals surface area contributed by atoms with Crippen molar-refractivity contribution in [3.63, 3.8) is 0 Å². The van der Waals surface area contributed by atoms with Gasteiger partial charge < -0.3 is 11.1 Å². The van der Waals surface area contributed by atoms with Crippen molar-refractivity contribution in [2.75, 3.05) is 11.1 Å². The predicted octanol–water partition coefficient (Wildman–Crippen LogP) is 3.67. The number of carbonyl (C=O) groups excluding carboxylic acids is 1. The molecule has 3 rings (SSSR count). The fourth-order valence-corrected chi connectivity index (χ4v) is 2.47. The lowest BCUT2D eigenvalue weighted by atomic mass is 10.1. The summed E-state index contributed by atoms with van der Waals surface area (Å²) in [5.41, 5.74) is 7.77. The standard InChI is InChI=1S/C16H12IN3O/c17-10-5-7-11(8-6-10)19-16(21)13-9-15(18)20-14-4-2-1-3-12(13)14/h1-9H,(H2,18,20)(H,19,21). The van der Waals surface area contributed by atoms with Crippen LogP contribution in [0.1, 0.15) is 10.4 Å². The van der Waals surface area contributed by atoms with Crippen molar-refractivity contribution >= 4 is 50.9 Å². The van der Waals surface area contributed by atoms with E-state index < -0.39 is 0 Å². The number of carbonyl (C=O) groups is 1. The molecule has 0 atom stereocenters. The van der Waals surface area contributed by atoms with Crippen LogP contribution in [0.4, 0.5) is 11.5 Å². The summed E-state index contributed by atoms with van der Waals surface area (Å²) in [4.78, 5) is 16.7. The number of halogens is 1. The zero-order valence-electron chi connectivity index (χ0n) is 11.0. The molecule has 1 heterocycles. The van der Waals surface area contributed by atoms with E-state index in [4.69, 9.17) is 5.73 Å². The predicted molar refractivity (Wildman–Crippen MR) is 93.3 cm³/mol. The number of nitrogens with zero attached hydrogens (tertiary/aromatic N) is 1. The SMILES string of the molecule is Nc1cc(C(=O)Nc2ccc(I)cc2)c2ccccc2n1. The molecule has 0 spiro atoms. The summed E-state index contributed by atoms with van der Waals surface area (Å²) in [6.07, 6.45) is 0. The van der Waals surface area contributed by atoms with Gasteiger partial charge in [0.05, 0.1) is 11.1 Å². The number of pyridine rings is 1. The van der Waals surface area contributed by atoms with Gasteiger partial charge in [-0.25, -0.2) is 4.98 Å². The van der Waals surface area contributed by atoms with Crippen molar-refractivity contribution < 1.29 is 4.79 Å². The van der Waals surface area contributed by atoms with E-state index in [1.165, 1.54) is 0 Å². The Morgan fingerprint density at radius 2 is 1.81 bits per heavy atom. The van der Waals surface area contributed by atoms with Gasteiger partial charge in [0.15, 0.2) is 0 Å². The monoisotopic (exact) mass is 389 g/mol. The minimum atomic E-state index is -0.193. The lowest BCUT2D eigenvalue weighted by molar-refractivity contribution is 0.102. The van der Waals surface area contributed by atoms with E-state index in [-0.39, 0.29) is 5.91 Å². The van der Waals surface area contributed by atoms with Gasteiger partial charge in [0.2, 0.25) is 0 Å². The van der Waals surface area contributed by atoms with Crippen LogP contribution < -0.4 is 11.1 Å². The van der Waals surface area contributed by atoms with Crippen LogP contribution in [0.25, 0.3) is 10.9 Å². The molecule has 0 bridgehead atoms. The molecular formula is C16H12IN3O. The Bertz CT molecular complexity index is 815. The van der Waals surface area contributed by atoms with E-state index in [2.05, 4.69) is 32.9 Å². The molecule has 0 aliphatic heterocycles. The molecular weight excluding hydrogens is 377 g/mol. The maximum Gasteiger partial charge on any atom is 0.256 e. The van der Waals surface area contributed by atoms with Crippen LogP contribution in [0.2, 0.25) is 0 Å². The highest BCUT2D eigenvalue weighted by atomic mass is 127. The van der Waals surface area contributed by atoms with Gasteiger partial charge in [-0.1, -0.05) is 18.2 Å². The average Bonchev–Trinajstić information content (AvgIpc) is 2.48. The topological polar surface area (TPSA) is 68.0 Å². The highest BCUT2D eigenvalue weighted by molar-refractivity contribution is 14.1. The number of benzene rings is 2. The summed E-state index contributed by atoms with van der Waals surface area (Å²) in [7, 11) is 0. The number of nitrogens with two attached hydrogens (primary N) is 1. The van der Waals surface area contributed by atoms with Crippen molar-refractivity contribution in [3.8, 4) is 0 Å². The first kappa shape index (κ1) is 13.8. The first-order valence-electron chi connectivity index (χ1n) is 6.36. The van der Waals surface area contributed by atoms with Crippen molar-refractivity contribution in [1.82, 2.24) is 4.98 Å². The molecule has 3 aromatic rings. The largest absolute Gasteiger partial charge is 0.384 e. The maximum atomic E-state index is 12.5. The van der Waals surface area contributed by atoms with Crippen LogP contribution in [-0.2, 0) is 0 Å². The molecule has 0 saturated carbocycles. The van der Waals surface area contributed by atoms with Gasteiger partial charge in [0, 0.05) is 14.6 Å². The van der Waals surface area contributed by atoms with Crippen LogP contribution in [-0.4, -0.2) is 10.9 Å². The highest BCUT2D eigenvalue weighted by Crippen LogP contribution is 2.21. The molecule has 0 radical (unpaired) electrons. The van der Waals surface area contributed by atoms with Gasteiger partial charge in [-0.2, -0.15) is 0 Å². The molecule has 0 unspecified atom stereocenters. The number of anilines is 2. The van der Waals surface area contributed by atoms with E-state index in [1.807, 2.05) is 48.5 Å². The second-order valence-corrected chi connectivity index (χ2v) is 5.82. The second kappa shape index (κ2) is 5.69. The van der Waals surface area contributed by atoms with Crippen LogP contribution in [0.5, 0.6) is 0 Å². The fraction of sp³-hybridized carbons (Fsp3) is 0. The molecule has 1 aromatic heterocycles. The quantitative estimate of drug-likeness (QED) is 0.658. The Labute approximate surface area is 135 Å². The number of rotatable bonds is 2. The summed E-state index contributed by atoms with van der Waals surface area (Å²) < 4.78 is 1.12. The molecule has 0 aliphatic rings. The van der Waals surface area contributed by atoms with Gasteiger partial charge in [0.1, 0.15) is 5.82 Å². The molecule has 0 saturated heterocycles. The number of aromatic nitrogens is 1. The highest BCUT2D eigenvalue weighted by Gasteiger charge is 2.12. The normalized spacial score (nSPS) is 10.5. The molecule has 0 aliphatic carbocycles. The summed E-state index contributed by atoms with van der Waals surface area (Å²) in [6.45, 7) is 0. The third-order valence-electron chi connectivity index (χ3n) is 3.08. The summed E-state index contributed by atoms with van der Waals surface area (Å²) in [5, 5.41) is 3.67. The van der Waals surface area contributed by atoms with Crippen LogP contribution >= 0.6 is 22.6 Å². The Kier molecular flexibility index (Phi) is 3.74. The molecule has 21 heavy (non-hydrogen) atoms. The van der Waals surface area contributed by atoms with Crippen LogP contribution in [0, 0.1) is 3.57 Å². The molecule has 2 aromatic carbocycles. The molecule has 5 heteroatoms. The van der Waals surface area contributed by atoms with Gasteiger partial charge in [-0.05, 0) is 59.0 Å². The lowest BCUT2D eigenvalue weighted by Crippen LogP contribution is -2.13. The first-order valence-corrected chi connectivity index (χ1v) is 7.43. The Hall–Kier alpha value is -2.15. The van der Waals surface area contributed by atoms with Gasteiger partial charge in [-0.15, -0.1) is 0 Å². The zero-order valence-corrected chi connectivity index (χ0v) is 13.2. The maximum absolute atomic E-state index is 12.5. The van der Waals surface area contributed by atoms with Crippen molar-refractivity contribution in [1.29, 1.82) is 0 Å². The van der Waals surface area contributed by atoms with E-state index in [0.717, 1.165) is 14.6 Å². The number of para-hydroxylation sites is 1. The smallest absolute Gasteiger partial charge is 0.256 e. The Morgan fingerprint density at radius 1 is 1.10 bits per heavy atom. The molecule has 0 fully saturated rings. The summed E-state index contributed by atoms with van der Waals surface area (Å²) in [6, 6.07) is 16.7. The third-order valence-corrected chi connectivity index (χ3v) is 3.80. The number of hydrogen-bond acceptors (Lipinski definition) is 3. The number of nitrogen functional groups attached to an aromatic ring is 1. The first-order chi connectivity index (χ1) is 10.1. The lowest BCUT2D eigenvalue weighted by Gasteiger charge is -2.09. The van der Waals surface area contributed by atoms with E-state index in [0.29, 0.717) is 16.9 Å². The fourth-order valence-electron chi connectivity index (χ4n) is 2.12. The van der Waals surface area contributed by atoms with Crippen molar-refractivity contribution in [2.45, 2.75) is 0 Å². The molecule has 104 valence electrons. The van der Waals surface area contributed by atoms with E-state index >= 15 is 0 Å². The van der Waals surface area contributed by atoms with Gasteiger partial charge in [0.25, 0.3) is 5.91 Å². The Balaban J connectivity index is 1.99. The van der Waals surface area contributed by atoms with Gasteiger partial charge in [-0.3, -0.25) is 4.79 Å². The number of hydrogen-bond donors (Lipinski definition) is 2. The number of nitrogens with one attached hydrogen (secondary N) is 1. The molecule has 3 N–H and O–H groups in total. The van der Waals surface area contributed by atoms with Gasteiger partial charge >= 0.3 is 0 Å². The molecule has 1 amide bonds. The third kappa shape index (κ3) is 2.97. The van der Waals surface area contributed by atoms with Crippen LogP contribution in [0.15, 0.2) is 54.6 Å². The van der Waals surface area contributed by atoms with E-state index in [9.17, 15) is 4.79 Å². The summed E-state index contributed by atoms with van der Waals surface area (Å²) >= 11 is 2.22. The number of fused-ring (bicyclic) bond motifs is 1. The van der Waals surface area contributed by atoms with Crippen molar-refractivity contribution in [3.05, 3.63) is 63.7 Å². The van der Waals surface area contributed by atoms with Crippen molar-refractivity contribution in [2.24, 2.45) is 0 Å². The second-order valence-electron chi connectivity index (χ2n) is 4.57. The average molecular weight is 389 g/mol. The minimum absolute atomic E-state index is 0.193. The molecule has 4 nitrogen and oxygen atoms in total. The van der Waals surface area contributed by atoms with Crippen LogP contribution in [0.3, 0.4) is 0 Å². The van der Waals surface area contributed by atoms with E-state index in [1.54, 1.807) is 6.07 Å². The minimum Gasteiger partial charge on any atom is -0.384 e. The number of amides is 1. The Morgan fingerprint density at radius 3 is 2.57 bits per heavy atom. The zero-order chi connectivity index (χ0) is 14.8. The summed E-state index contributed by atoms with van der Waals surface area (Å²) in [5.74, 6) is 0.142.